The number of amides is 2. The number of carbonyl (C=O) groups excluding carboxylic acids is 2. The zero-order chi connectivity index (χ0) is 25.3. The molecule has 0 bridgehead atoms. The summed E-state index contributed by atoms with van der Waals surface area (Å²) in [5.74, 6) is -0.0237. The Morgan fingerprint density at radius 3 is 1.83 bits per heavy atom. The van der Waals surface area contributed by atoms with Crippen molar-refractivity contribution < 1.29 is 22.8 Å². The molecule has 8 heteroatoms. The molecule has 1 atom stereocenters. The molecular weight excluding hydrogens is 467 g/mol. The fraction of sp³-hybridized carbons (Fsp3) is 0.286. The molecule has 0 aromatic heterocycles. The first-order chi connectivity index (χ1) is 17.3. The molecule has 186 valence electrons. The summed E-state index contributed by atoms with van der Waals surface area (Å²) in [5.41, 5.74) is 1.96. The summed E-state index contributed by atoms with van der Waals surface area (Å²) in [7, 11) is 0. The summed E-state index contributed by atoms with van der Waals surface area (Å²) in [5, 5.41) is 3.57. The van der Waals surface area contributed by atoms with Gasteiger partial charge >= 0.3 is 6.18 Å². The maximum absolute atomic E-state index is 12.8. The lowest BCUT2D eigenvalue weighted by atomic mass is 10.0. The predicted octanol–water partition coefficient (Wildman–Crippen LogP) is 4.70. The number of likely N-dealkylation sites (tertiary alicyclic amines) is 2. The van der Waals surface area contributed by atoms with Crippen LogP contribution in [-0.4, -0.2) is 59.9 Å². The molecule has 0 radical (unpaired) electrons. The van der Waals surface area contributed by atoms with Gasteiger partial charge in [-0.15, -0.1) is 0 Å². The van der Waals surface area contributed by atoms with Crippen LogP contribution in [-0.2, 0) is 6.18 Å². The molecule has 5 nitrogen and oxygen atoms in total. The Labute approximate surface area is 207 Å². The number of benzene rings is 3. The van der Waals surface area contributed by atoms with Crippen molar-refractivity contribution in [1.82, 2.24) is 15.1 Å². The Bertz CT molecular complexity index is 1220. The summed E-state index contributed by atoms with van der Waals surface area (Å²) in [6.45, 7) is 2.57. The first-order valence-electron chi connectivity index (χ1n) is 12.0. The second-order valence-corrected chi connectivity index (χ2v) is 9.33. The van der Waals surface area contributed by atoms with Gasteiger partial charge in [-0.25, -0.2) is 0 Å². The minimum Gasteiger partial charge on any atom is -0.337 e. The fourth-order valence-corrected chi connectivity index (χ4v) is 4.77. The molecule has 36 heavy (non-hydrogen) atoms. The SMILES string of the molecule is O=C(c1ccccc1)N1CCC(NC2CN(C(=O)c3ccc(-c4ccc(C(F)(F)F)cc4)cc3)C2)C1. The van der Waals surface area contributed by atoms with Gasteiger partial charge in [0.1, 0.15) is 0 Å². The molecule has 1 N–H and O–H groups in total. The van der Waals surface area contributed by atoms with E-state index >= 15 is 0 Å². The van der Waals surface area contributed by atoms with Gasteiger partial charge in [-0.05, 0) is 53.9 Å². The lowest BCUT2D eigenvalue weighted by Gasteiger charge is -2.41. The van der Waals surface area contributed by atoms with Crippen LogP contribution in [0.15, 0.2) is 78.9 Å². The van der Waals surface area contributed by atoms with E-state index in [1.165, 1.54) is 12.1 Å². The van der Waals surface area contributed by atoms with Crippen molar-refractivity contribution in [2.45, 2.75) is 24.7 Å². The van der Waals surface area contributed by atoms with Crippen molar-refractivity contribution in [3.05, 3.63) is 95.6 Å². The summed E-state index contributed by atoms with van der Waals surface area (Å²) in [6.07, 6.45) is -3.48. The van der Waals surface area contributed by atoms with E-state index in [0.717, 1.165) is 24.1 Å². The van der Waals surface area contributed by atoms with E-state index < -0.39 is 11.7 Å². The molecule has 3 aromatic rings. The highest BCUT2D eigenvalue weighted by Gasteiger charge is 2.35. The number of alkyl halides is 3. The fourth-order valence-electron chi connectivity index (χ4n) is 4.77. The topological polar surface area (TPSA) is 52.7 Å². The minimum absolute atomic E-state index is 0.0463. The van der Waals surface area contributed by atoms with Crippen molar-refractivity contribution in [2.24, 2.45) is 0 Å². The van der Waals surface area contributed by atoms with Gasteiger partial charge < -0.3 is 15.1 Å². The van der Waals surface area contributed by atoms with Gasteiger partial charge in [0, 0.05) is 49.4 Å². The molecule has 2 saturated heterocycles. The van der Waals surface area contributed by atoms with Gasteiger partial charge in [0.25, 0.3) is 11.8 Å². The maximum Gasteiger partial charge on any atom is 0.416 e. The van der Waals surface area contributed by atoms with Crippen LogP contribution >= 0.6 is 0 Å². The summed E-state index contributed by atoms with van der Waals surface area (Å²) in [6, 6.07) is 21.6. The van der Waals surface area contributed by atoms with Crippen molar-refractivity contribution in [3.63, 3.8) is 0 Å². The van der Waals surface area contributed by atoms with E-state index in [0.29, 0.717) is 42.9 Å². The van der Waals surface area contributed by atoms with Crippen LogP contribution in [0.4, 0.5) is 13.2 Å². The summed E-state index contributed by atoms with van der Waals surface area (Å²) in [4.78, 5) is 29.1. The van der Waals surface area contributed by atoms with E-state index in [1.807, 2.05) is 35.2 Å². The Kier molecular flexibility index (Phi) is 6.53. The summed E-state index contributed by atoms with van der Waals surface area (Å²) >= 11 is 0. The van der Waals surface area contributed by atoms with Gasteiger partial charge in [-0.2, -0.15) is 13.2 Å². The molecule has 2 amide bonds. The van der Waals surface area contributed by atoms with E-state index in [9.17, 15) is 22.8 Å². The van der Waals surface area contributed by atoms with Crippen LogP contribution in [0.3, 0.4) is 0 Å². The van der Waals surface area contributed by atoms with Crippen LogP contribution in [0.2, 0.25) is 0 Å². The Morgan fingerprint density at radius 1 is 0.694 bits per heavy atom. The first-order valence-corrected chi connectivity index (χ1v) is 12.0. The van der Waals surface area contributed by atoms with Crippen LogP contribution in [0, 0.1) is 0 Å². The number of hydrogen-bond donors (Lipinski definition) is 1. The van der Waals surface area contributed by atoms with Gasteiger partial charge in [-0.3, -0.25) is 9.59 Å². The molecule has 5 rings (SSSR count). The lowest BCUT2D eigenvalue weighted by molar-refractivity contribution is -0.137. The molecule has 2 heterocycles. The number of nitrogens with one attached hydrogen (secondary N) is 1. The molecule has 3 aromatic carbocycles. The lowest BCUT2D eigenvalue weighted by Crippen LogP contribution is -2.62. The zero-order valence-electron chi connectivity index (χ0n) is 19.5. The van der Waals surface area contributed by atoms with Crippen LogP contribution < -0.4 is 5.32 Å². The van der Waals surface area contributed by atoms with Crippen molar-refractivity contribution in [1.29, 1.82) is 0 Å². The molecule has 0 aliphatic carbocycles. The number of nitrogens with zero attached hydrogens (tertiary/aromatic N) is 2. The van der Waals surface area contributed by atoms with Crippen LogP contribution in [0.25, 0.3) is 11.1 Å². The number of hydrogen-bond acceptors (Lipinski definition) is 3. The standard InChI is InChI=1S/C28H26F3N3O2/c29-28(30,31)23-12-10-20(11-13-23)19-6-8-22(9-7-19)27(36)34-17-25(18-34)32-24-14-15-33(16-24)26(35)21-4-2-1-3-5-21/h1-13,24-25,32H,14-18H2. The van der Waals surface area contributed by atoms with Crippen LogP contribution in [0.1, 0.15) is 32.7 Å². The second-order valence-electron chi connectivity index (χ2n) is 9.33. The summed E-state index contributed by atoms with van der Waals surface area (Å²) < 4.78 is 38.3. The second kappa shape index (κ2) is 9.78. The highest BCUT2D eigenvalue weighted by molar-refractivity contribution is 5.95. The third-order valence-electron chi connectivity index (χ3n) is 6.81. The zero-order valence-corrected chi connectivity index (χ0v) is 19.5. The minimum atomic E-state index is -4.37. The molecule has 0 spiro atoms. The van der Waals surface area contributed by atoms with Crippen LogP contribution in [0.5, 0.6) is 0 Å². The molecule has 0 saturated carbocycles. The number of carbonyl (C=O) groups is 2. The van der Waals surface area contributed by atoms with Crippen molar-refractivity contribution in [2.75, 3.05) is 26.2 Å². The average molecular weight is 494 g/mol. The smallest absolute Gasteiger partial charge is 0.337 e. The molecule has 1 unspecified atom stereocenters. The Balaban J connectivity index is 1.10. The van der Waals surface area contributed by atoms with E-state index in [2.05, 4.69) is 5.32 Å². The largest absolute Gasteiger partial charge is 0.416 e. The Hall–Kier alpha value is -3.65. The first kappa shape index (κ1) is 24.1. The van der Waals surface area contributed by atoms with E-state index in [4.69, 9.17) is 0 Å². The van der Waals surface area contributed by atoms with Gasteiger partial charge in [0.15, 0.2) is 0 Å². The third kappa shape index (κ3) is 5.14. The average Bonchev–Trinajstić information content (AvgIpc) is 3.34. The number of halogens is 3. The highest BCUT2D eigenvalue weighted by atomic mass is 19.4. The predicted molar refractivity (Wildman–Crippen MR) is 130 cm³/mol. The molecular formula is C28H26F3N3O2. The Morgan fingerprint density at radius 2 is 1.22 bits per heavy atom. The van der Waals surface area contributed by atoms with Gasteiger partial charge in [-0.1, -0.05) is 42.5 Å². The normalized spacial score (nSPS) is 18.2. The van der Waals surface area contributed by atoms with Crippen molar-refractivity contribution >= 4 is 11.8 Å². The van der Waals surface area contributed by atoms with E-state index in [1.54, 1.807) is 29.2 Å². The quantitative estimate of drug-likeness (QED) is 0.561. The van der Waals surface area contributed by atoms with Gasteiger partial charge in [0.2, 0.25) is 0 Å². The van der Waals surface area contributed by atoms with Crippen molar-refractivity contribution in [3.8, 4) is 11.1 Å². The number of rotatable bonds is 5. The molecule has 2 aliphatic rings. The van der Waals surface area contributed by atoms with E-state index in [-0.39, 0.29) is 23.9 Å². The van der Waals surface area contributed by atoms with Gasteiger partial charge in [0.05, 0.1) is 5.56 Å². The highest BCUT2D eigenvalue weighted by Crippen LogP contribution is 2.31. The monoisotopic (exact) mass is 493 g/mol. The third-order valence-corrected chi connectivity index (χ3v) is 6.81. The molecule has 2 fully saturated rings. The molecule has 2 aliphatic heterocycles. The maximum atomic E-state index is 12.8.